The highest BCUT2D eigenvalue weighted by Gasteiger charge is 2.10. The Morgan fingerprint density at radius 3 is 2.68 bits per heavy atom. The number of halogens is 1. The van der Waals surface area contributed by atoms with Crippen LogP contribution in [0, 0.1) is 0 Å². The molecule has 0 atom stereocenters. The summed E-state index contributed by atoms with van der Waals surface area (Å²) in [6.45, 7) is 3.12. The smallest absolute Gasteiger partial charge is 0.339 e. The molecule has 0 aliphatic heterocycles. The average molecular weight is 284 g/mol. The highest BCUT2D eigenvalue weighted by atomic mass is 35.5. The summed E-state index contributed by atoms with van der Waals surface area (Å²) in [5, 5.41) is 3.72. The third-order valence-corrected chi connectivity index (χ3v) is 3.31. The molecule has 0 unspecified atom stereocenters. The number of hydrogen-bond acceptors (Lipinski definition) is 3. The van der Waals surface area contributed by atoms with Crippen molar-refractivity contribution in [3.63, 3.8) is 0 Å². The van der Waals surface area contributed by atoms with Crippen LogP contribution in [-0.2, 0) is 4.74 Å². The third-order valence-electron chi connectivity index (χ3n) is 2.98. The predicted octanol–water partition coefficient (Wildman–Crippen LogP) is 4.51. The quantitative estimate of drug-likeness (QED) is 0.563. The molecule has 19 heavy (non-hydrogen) atoms. The molecule has 0 saturated heterocycles. The standard InChI is InChI=1S/C15H22ClNO2/c1-3-4-5-6-7-10-17-12-8-9-14(16)13(11-12)15(18)19-2/h8-9,11,17H,3-7,10H2,1-2H3. The van der Waals surface area contributed by atoms with Crippen molar-refractivity contribution in [2.24, 2.45) is 0 Å². The lowest BCUT2D eigenvalue weighted by molar-refractivity contribution is 0.0601. The summed E-state index contributed by atoms with van der Waals surface area (Å²) in [6, 6.07) is 5.33. The topological polar surface area (TPSA) is 38.3 Å². The molecule has 1 rings (SSSR count). The van der Waals surface area contributed by atoms with E-state index in [2.05, 4.69) is 12.2 Å². The fourth-order valence-corrected chi connectivity index (χ4v) is 2.06. The molecule has 0 fully saturated rings. The summed E-state index contributed by atoms with van der Waals surface area (Å²) in [5.74, 6) is -0.406. The van der Waals surface area contributed by atoms with Crippen molar-refractivity contribution >= 4 is 23.3 Å². The van der Waals surface area contributed by atoms with Gasteiger partial charge in [-0.1, -0.05) is 44.2 Å². The Labute approximate surface area is 120 Å². The second-order valence-corrected chi connectivity index (χ2v) is 4.93. The van der Waals surface area contributed by atoms with Crippen LogP contribution in [0.2, 0.25) is 5.02 Å². The van der Waals surface area contributed by atoms with Crippen LogP contribution >= 0.6 is 11.6 Å². The molecule has 0 aliphatic rings. The largest absolute Gasteiger partial charge is 0.465 e. The molecule has 4 heteroatoms. The molecule has 1 N–H and O–H groups in total. The summed E-state index contributed by atoms with van der Waals surface area (Å²) in [4.78, 5) is 11.5. The van der Waals surface area contributed by atoms with E-state index in [1.807, 2.05) is 6.07 Å². The van der Waals surface area contributed by atoms with Crippen LogP contribution in [0.4, 0.5) is 5.69 Å². The zero-order valence-electron chi connectivity index (χ0n) is 11.7. The van der Waals surface area contributed by atoms with E-state index < -0.39 is 5.97 Å². The van der Waals surface area contributed by atoms with E-state index in [0.717, 1.165) is 18.7 Å². The number of carbonyl (C=O) groups excluding carboxylic acids is 1. The number of hydrogen-bond donors (Lipinski definition) is 1. The normalized spacial score (nSPS) is 10.3. The first-order valence-electron chi connectivity index (χ1n) is 6.80. The number of nitrogens with one attached hydrogen (secondary N) is 1. The van der Waals surface area contributed by atoms with Crippen molar-refractivity contribution in [3.8, 4) is 0 Å². The lowest BCUT2D eigenvalue weighted by Crippen LogP contribution is -2.05. The van der Waals surface area contributed by atoms with Crippen LogP contribution in [0.1, 0.15) is 49.4 Å². The summed E-state index contributed by atoms with van der Waals surface area (Å²) in [6.07, 6.45) is 6.21. The van der Waals surface area contributed by atoms with E-state index in [-0.39, 0.29) is 0 Å². The number of rotatable bonds is 8. The van der Waals surface area contributed by atoms with Crippen molar-refractivity contribution in [2.75, 3.05) is 19.0 Å². The maximum absolute atomic E-state index is 11.5. The molecular formula is C15H22ClNO2. The van der Waals surface area contributed by atoms with Crippen LogP contribution in [0.5, 0.6) is 0 Å². The zero-order valence-corrected chi connectivity index (χ0v) is 12.4. The van der Waals surface area contributed by atoms with Gasteiger partial charge in [-0.2, -0.15) is 0 Å². The molecule has 0 radical (unpaired) electrons. The molecule has 0 spiro atoms. The Balaban J connectivity index is 2.44. The predicted molar refractivity (Wildman–Crippen MR) is 80.0 cm³/mol. The van der Waals surface area contributed by atoms with Gasteiger partial charge in [-0.15, -0.1) is 0 Å². The molecule has 0 amide bonds. The molecule has 0 aliphatic carbocycles. The van der Waals surface area contributed by atoms with Crippen molar-refractivity contribution in [1.29, 1.82) is 0 Å². The number of anilines is 1. The molecular weight excluding hydrogens is 262 g/mol. The highest BCUT2D eigenvalue weighted by Crippen LogP contribution is 2.21. The number of benzene rings is 1. The number of esters is 1. The van der Waals surface area contributed by atoms with E-state index in [9.17, 15) is 4.79 Å². The van der Waals surface area contributed by atoms with Crippen molar-refractivity contribution in [1.82, 2.24) is 0 Å². The SMILES string of the molecule is CCCCCCCNc1ccc(Cl)c(C(=O)OC)c1. The molecule has 0 saturated carbocycles. The average Bonchev–Trinajstić information content (AvgIpc) is 2.43. The summed E-state index contributed by atoms with van der Waals surface area (Å²) >= 11 is 5.96. The number of carbonyl (C=O) groups is 1. The molecule has 1 aromatic rings. The summed E-state index contributed by atoms with van der Waals surface area (Å²) < 4.78 is 4.69. The molecule has 0 heterocycles. The first-order chi connectivity index (χ1) is 9.19. The second kappa shape index (κ2) is 8.81. The van der Waals surface area contributed by atoms with E-state index in [1.54, 1.807) is 12.1 Å². The Bertz CT molecular complexity index is 407. The van der Waals surface area contributed by atoms with E-state index in [4.69, 9.17) is 16.3 Å². The number of unbranched alkanes of at least 4 members (excludes halogenated alkanes) is 4. The Morgan fingerprint density at radius 1 is 1.26 bits per heavy atom. The molecule has 0 aromatic heterocycles. The number of ether oxygens (including phenoxy) is 1. The van der Waals surface area contributed by atoms with Gasteiger partial charge in [0, 0.05) is 12.2 Å². The highest BCUT2D eigenvalue weighted by molar-refractivity contribution is 6.33. The molecule has 3 nitrogen and oxygen atoms in total. The molecule has 106 valence electrons. The fourth-order valence-electron chi connectivity index (χ4n) is 1.86. The Kier molecular flexibility index (Phi) is 7.34. The van der Waals surface area contributed by atoms with Gasteiger partial charge in [0.1, 0.15) is 0 Å². The van der Waals surface area contributed by atoms with Crippen molar-refractivity contribution in [3.05, 3.63) is 28.8 Å². The van der Waals surface area contributed by atoms with E-state index in [1.165, 1.54) is 32.8 Å². The fraction of sp³-hybridized carbons (Fsp3) is 0.533. The third kappa shape index (κ3) is 5.52. The minimum absolute atomic E-state index is 0.403. The zero-order chi connectivity index (χ0) is 14.1. The lowest BCUT2D eigenvalue weighted by atomic mass is 10.1. The van der Waals surface area contributed by atoms with Gasteiger partial charge in [0.2, 0.25) is 0 Å². The lowest BCUT2D eigenvalue weighted by Gasteiger charge is -2.09. The second-order valence-electron chi connectivity index (χ2n) is 4.53. The van der Waals surface area contributed by atoms with Crippen LogP contribution < -0.4 is 5.32 Å². The minimum atomic E-state index is -0.406. The summed E-state index contributed by atoms with van der Waals surface area (Å²) in [7, 11) is 1.35. The minimum Gasteiger partial charge on any atom is -0.465 e. The van der Waals surface area contributed by atoms with Gasteiger partial charge >= 0.3 is 5.97 Å². The van der Waals surface area contributed by atoms with Gasteiger partial charge in [0.05, 0.1) is 17.7 Å². The maximum Gasteiger partial charge on any atom is 0.339 e. The first-order valence-corrected chi connectivity index (χ1v) is 7.18. The molecule has 1 aromatic carbocycles. The van der Waals surface area contributed by atoms with Crippen LogP contribution in [0.3, 0.4) is 0 Å². The maximum atomic E-state index is 11.5. The van der Waals surface area contributed by atoms with Crippen molar-refractivity contribution in [2.45, 2.75) is 39.0 Å². The van der Waals surface area contributed by atoms with Crippen LogP contribution in [0.25, 0.3) is 0 Å². The number of methoxy groups -OCH3 is 1. The van der Waals surface area contributed by atoms with Gasteiger partial charge in [0.15, 0.2) is 0 Å². The van der Waals surface area contributed by atoms with Crippen molar-refractivity contribution < 1.29 is 9.53 Å². The van der Waals surface area contributed by atoms with Crippen LogP contribution in [-0.4, -0.2) is 19.6 Å². The summed E-state index contributed by atoms with van der Waals surface area (Å²) in [5.41, 5.74) is 1.31. The van der Waals surface area contributed by atoms with Crippen LogP contribution in [0.15, 0.2) is 18.2 Å². The van der Waals surface area contributed by atoms with E-state index in [0.29, 0.717) is 10.6 Å². The van der Waals surface area contributed by atoms with Gasteiger partial charge in [-0.05, 0) is 24.6 Å². The monoisotopic (exact) mass is 283 g/mol. The first kappa shape index (κ1) is 15.8. The van der Waals surface area contributed by atoms with Gasteiger partial charge in [-0.3, -0.25) is 0 Å². The van der Waals surface area contributed by atoms with E-state index >= 15 is 0 Å². The Hall–Kier alpha value is -1.22. The van der Waals surface area contributed by atoms with Gasteiger partial charge in [-0.25, -0.2) is 4.79 Å². The molecule has 0 bridgehead atoms. The Morgan fingerprint density at radius 2 is 2.00 bits per heavy atom. The van der Waals surface area contributed by atoms with Gasteiger partial charge in [0.25, 0.3) is 0 Å². The van der Waals surface area contributed by atoms with Gasteiger partial charge < -0.3 is 10.1 Å².